The van der Waals surface area contributed by atoms with E-state index < -0.39 is 11.2 Å². The Kier molecular flexibility index (Phi) is 3.68. The van der Waals surface area contributed by atoms with Crippen LogP contribution in [0.2, 0.25) is 0 Å². The molecule has 0 radical (unpaired) electrons. The van der Waals surface area contributed by atoms with Gasteiger partial charge < -0.3 is 9.64 Å². The maximum absolute atomic E-state index is 12.9. The molecule has 2 fully saturated rings. The largest absolute Gasteiger partial charge is 0.374 e. The average molecular weight is 330 g/mol. The molecule has 1 aliphatic heterocycles. The van der Waals surface area contributed by atoms with Crippen molar-refractivity contribution in [3.63, 3.8) is 0 Å². The number of hydrogen-bond acceptors (Lipinski definition) is 5. The third kappa shape index (κ3) is 2.52. The van der Waals surface area contributed by atoms with Crippen molar-refractivity contribution in [3.8, 4) is 0 Å². The fourth-order valence-corrected chi connectivity index (χ4v) is 3.68. The van der Waals surface area contributed by atoms with Gasteiger partial charge in [0.25, 0.3) is 11.5 Å². The van der Waals surface area contributed by atoms with E-state index >= 15 is 0 Å². The highest BCUT2D eigenvalue weighted by molar-refractivity contribution is 5.97. The first kappa shape index (κ1) is 15.1. The molecule has 0 bridgehead atoms. The van der Waals surface area contributed by atoms with Crippen LogP contribution >= 0.6 is 0 Å². The monoisotopic (exact) mass is 330 g/mol. The van der Waals surface area contributed by atoms with Crippen LogP contribution < -0.4 is 11.2 Å². The summed E-state index contributed by atoms with van der Waals surface area (Å²) in [6.45, 7) is 1.07. The molecule has 8 nitrogen and oxygen atoms in total. The molecule has 4 rings (SSSR count). The summed E-state index contributed by atoms with van der Waals surface area (Å²) in [5, 5.41) is 0.203. The minimum absolute atomic E-state index is 0.0876. The number of carbonyl (C=O) groups is 1. The van der Waals surface area contributed by atoms with Gasteiger partial charge in [0.2, 0.25) is 0 Å². The van der Waals surface area contributed by atoms with Crippen LogP contribution in [0.25, 0.3) is 11.0 Å². The molecule has 1 saturated heterocycles. The lowest BCUT2D eigenvalue weighted by Crippen LogP contribution is -2.54. The molecule has 0 aromatic carbocycles. The van der Waals surface area contributed by atoms with E-state index in [-0.39, 0.29) is 29.1 Å². The van der Waals surface area contributed by atoms with Crippen LogP contribution in [0.4, 0.5) is 0 Å². The summed E-state index contributed by atoms with van der Waals surface area (Å²) in [7, 11) is 0. The van der Waals surface area contributed by atoms with Gasteiger partial charge in [0.15, 0.2) is 0 Å². The van der Waals surface area contributed by atoms with Crippen LogP contribution in [-0.2, 0) is 4.74 Å². The number of H-pyrrole nitrogens is 2. The van der Waals surface area contributed by atoms with Gasteiger partial charge >= 0.3 is 5.69 Å². The highest BCUT2D eigenvalue weighted by Crippen LogP contribution is 2.29. The highest BCUT2D eigenvalue weighted by Gasteiger charge is 2.37. The van der Waals surface area contributed by atoms with Crippen LogP contribution in [0.5, 0.6) is 0 Å². The van der Waals surface area contributed by atoms with Gasteiger partial charge in [-0.1, -0.05) is 12.8 Å². The third-order valence-corrected chi connectivity index (χ3v) is 4.83. The predicted octanol–water partition coefficient (Wildman–Crippen LogP) is 0.395. The molecular formula is C16H18N4O4. The van der Waals surface area contributed by atoms with Crippen molar-refractivity contribution in [2.24, 2.45) is 0 Å². The van der Waals surface area contributed by atoms with E-state index in [0.717, 1.165) is 25.7 Å². The quantitative estimate of drug-likeness (QED) is 0.786. The first-order valence-electron chi connectivity index (χ1n) is 8.18. The molecule has 1 saturated carbocycles. The van der Waals surface area contributed by atoms with E-state index in [1.54, 1.807) is 0 Å². The van der Waals surface area contributed by atoms with E-state index in [2.05, 4.69) is 15.0 Å². The second-order valence-corrected chi connectivity index (χ2v) is 6.29. The van der Waals surface area contributed by atoms with E-state index in [1.807, 2.05) is 4.90 Å². The smallest absolute Gasteiger partial charge is 0.327 e. The van der Waals surface area contributed by atoms with Gasteiger partial charge in [-0.3, -0.25) is 19.6 Å². The van der Waals surface area contributed by atoms with Crippen molar-refractivity contribution >= 4 is 16.9 Å². The molecule has 0 spiro atoms. The average Bonchev–Trinajstić information content (AvgIpc) is 2.60. The van der Waals surface area contributed by atoms with Crippen molar-refractivity contribution in [1.82, 2.24) is 19.9 Å². The topological polar surface area (TPSA) is 108 Å². The molecule has 126 valence electrons. The Bertz CT molecular complexity index is 901. The fourth-order valence-electron chi connectivity index (χ4n) is 3.68. The van der Waals surface area contributed by atoms with Gasteiger partial charge in [-0.05, 0) is 18.9 Å². The minimum atomic E-state index is -0.614. The molecule has 24 heavy (non-hydrogen) atoms. The standard InChI is InChI=1S/C16H18N4O4/c21-14-10-7-9(8-17-13(10)18-16(23)19-14)15(22)20-5-6-24-12-4-2-1-3-11(12)20/h7-8,11-12H,1-6H2,(H2,17,18,19,21,23). The van der Waals surface area contributed by atoms with Crippen LogP contribution in [-0.4, -0.2) is 51.1 Å². The Morgan fingerprint density at radius 3 is 2.96 bits per heavy atom. The predicted molar refractivity (Wildman–Crippen MR) is 86.0 cm³/mol. The van der Waals surface area contributed by atoms with Crippen LogP contribution in [0.1, 0.15) is 36.0 Å². The molecule has 2 aromatic heterocycles. The molecule has 2 aliphatic rings. The zero-order chi connectivity index (χ0) is 16.7. The second-order valence-electron chi connectivity index (χ2n) is 6.29. The summed E-state index contributed by atoms with van der Waals surface area (Å²) in [4.78, 5) is 46.6. The molecule has 2 unspecified atom stereocenters. The number of fused-ring (bicyclic) bond motifs is 2. The van der Waals surface area contributed by atoms with E-state index in [9.17, 15) is 14.4 Å². The molecule has 2 atom stereocenters. The van der Waals surface area contributed by atoms with E-state index in [4.69, 9.17) is 4.74 Å². The van der Waals surface area contributed by atoms with Crippen LogP contribution in [0, 0.1) is 0 Å². The first-order valence-corrected chi connectivity index (χ1v) is 8.18. The number of aromatic amines is 2. The summed E-state index contributed by atoms with van der Waals surface area (Å²) in [5.74, 6) is -0.143. The number of amides is 1. The Morgan fingerprint density at radius 1 is 1.25 bits per heavy atom. The number of pyridine rings is 1. The van der Waals surface area contributed by atoms with Gasteiger partial charge in [0, 0.05) is 12.7 Å². The zero-order valence-corrected chi connectivity index (χ0v) is 13.1. The lowest BCUT2D eigenvalue weighted by molar-refractivity contribution is -0.0752. The molecule has 1 amide bonds. The molecule has 2 aromatic rings. The maximum Gasteiger partial charge on any atom is 0.327 e. The summed E-state index contributed by atoms with van der Waals surface area (Å²) < 4.78 is 5.80. The summed E-state index contributed by atoms with van der Waals surface area (Å²) in [5.41, 5.74) is -0.630. The molecular weight excluding hydrogens is 312 g/mol. The van der Waals surface area contributed by atoms with E-state index in [0.29, 0.717) is 18.7 Å². The molecule has 2 N–H and O–H groups in total. The Hall–Kier alpha value is -2.48. The Labute approximate surface area is 136 Å². The van der Waals surface area contributed by atoms with Gasteiger partial charge in [-0.2, -0.15) is 0 Å². The number of ether oxygens (including phenoxy) is 1. The van der Waals surface area contributed by atoms with Crippen molar-refractivity contribution in [2.45, 2.75) is 37.8 Å². The van der Waals surface area contributed by atoms with Crippen molar-refractivity contribution in [2.75, 3.05) is 13.2 Å². The number of morpholine rings is 1. The highest BCUT2D eigenvalue weighted by atomic mass is 16.5. The summed E-state index contributed by atoms with van der Waals surface area (Å²) >= 11 is 0. The van der Waals surface area contributed by atoms with Crippen LogP contribution in [0.3, 0.4) is 0 Å². The number of aromatic nitrogens is 3. The fraction of sp³-hybridized carbons (Fsp3) is 0.500. The Balaban J connectivity index is 1.70. The molecule has 8 heteroatoms. The SMILES string of the molecule is O=C(c1cnc2[nH]c(=O)[nH]c(=O)c2c1)N1CCOC2CCCCC21. The van der Waals surface area contributed by atoms with Crippen LogP contribution in [0.15, 0.2) is 21.9 Å². The van der Waals surface area contributed by atoms with Crippen molar-refractivity contribution in [1.29, 1.82) is 0 Å². The van der Waals surface area contributed by atoms with Gasteiger partial charge in [-0.25, -0.2) is 9.78 Å². The number of nitrogens with zero attached hydrogens (tertiary/aromatic N) is 2. The molecule has 3 heterocycles. The normalized spacial score (nSPS) is 23.9. The summed E-state index contributed by atoms with van der Waals surface area (Å²) in [6.07, 6.45) is 5.64. The minimum Gasteiger partial charge on any atom is -0.374 e. The van der Waals surface area contributed by atoms with Crippen molar-refractivity contribution in [3.05, 3.63) is 38.7 Å². The second kappa shape index (κ2) is 5.86. The lowest BCUT2D eigenvalue weighted by Gasteiger charge is -2.43. The number of carbonyl (C=O) groups excluding carboxylic acids is 1. The number of hydrogen-bond donors (Lipinski definition) is 2. The third-order valence-electron chi connectivity index (χ3n) is 4.83. The number of nitrogens with one attached hydrogen (secondary N) is 2. The van der Waals surface area contributed by atoms with Crippen molar-refractivity contribution < 1.29 is 9.53 Å². The van der Waals surface area contributed by atoms with Gasteiger partial charge in [0.1, 0.15) is 5.65 Å². The molecule has 1 aliphatic carbocycles. The first-order chi connectivity index (χ1) is 11.6. The zero-order valence-electron chi connectivity index (χ0n) is 13.1. The lowest BCUT2D eigenvalue weighted by atomic mass is 9.90. The summed E-state index contributed by atoms with van der Waals surface area (Å²) in [6, 6.07) is 1.58. The maximum atomic E-state index is 12.9. The van der Waals surface area contributed by atoms with Gasteiger partial charge in [-0.15, -0.1) is 0 Å². The number of rotatable bonds is 1. The Morgan fingerprint density at radius 2 is 2.08 bits per heavy atom. The van der Waals surface area contributed by atoms with Gasteiger partial charge in [0.05, 0.1) is 29.7 Å². The van der Waals surface area contributed by atoms with E-state index in [1.165, 1.54) is 12.3 Å².